The van der Waals surface area contributed by atoms with Gasteiger partial charge in [0.05, 0.1) is 0 Å². The first-order valence-electron chi connectivity index (χ1n) is 7.38. The molecule has 0 heterocycles. The van der Waals surface area contributed by atoms with E-state index in [1.165, 1.54) is 0 Å². The van der Waals surface area contributed by atoms with Crippen LogP contribution in [-0.2, 0) is 0 Å². The van der Waals surface area contributed by atoms with E-state index < -0.39 is 0 Å². The van der Waals surface area contributed by atoms with E-state index >= 15 is 0 Å². The molecule has 2 aromatic rings. The number of nitrogens with one attached hydrogen (secondary N) is 1. The molecule has 0 saturated heterocycles. The zero-order chi connectivity index (χ0) is 14.8. The highest BCUT2D eigenvalue weighted by molar-refractivity contribution is 5.89. The van der Waals surface area contributed by atoms with E-state index in [1.807, 2.05) is 30.3 Å². The predicted octanol–water partition coefficient (Wildman–Crippen LogP) is 4.63. The Labute approximate surface area is 121 Å². The number of hydrogen-bond donors (Lipinski definition) is 2. The van der Waals surface area contributed by atoms with Crippen LogP contribution < -0.4 is 5.32 Å². The van der Waals surface area contributed by atoms with Crippen LogP contribution in [-0.4, -0.2) is 11.7 Å². The van der Waals surface area contributed by atoms with Crippen LogP contribution >= 0.6 is 0 Å². The Kier molecular flexibility index (Phi) is 4.34. The number of rotatable bonds is 5. The van der Waals surface area contributed by atoms with Gasteiger partial charge in [-0.05, 0) is 24.1 Å². The van der Waals surface area contributed by atoms with Crippen molar-refractivity contribution in [2.24, 2.45) is 5.41 Å². The summed E-state index contributed by atoms with van der Waals surface area (Å²) in [6, 6.07) is 12.2. The second-order valence-corrected chi connectivity index (χ2v) is 6.34. The maximum absolute atomic E-state index is 10.5. The van der Waals surface area contributed by atoms with Crippen molar-refractivity contribution in [2.45, 2.75) is 40.2 Å². The van der Waals surface area contributed by atoms with Crippen LogP contribution in [0.1, 0.15) is 45.7 Å². The van der Waals surface area contributed by atoms with E-state index in [1.54, 1.807) is 0 Å². The van der Waals surface area contributed by atoms with Crippen molar-refractivity contribution >= 4 is 10.8 Å². The summed E-state index contributed by atoms with van der Waals surface area (Å²) in [5, 5.41) is 16.0. The van der Waals surface area contributed by atoms with Crippen LogP contribution in [0.3, 0.4) is 0 Å². The molecule has 1 atom stereocenters. The summed E-state index contributed by atoms with van der Waals surface area (Å²) in [5.74, 6) is 0.400. The minimum atomic E-state index is 0.144. The summed E-state index contributed by atoms with van der Waals surface area (Å²) >= 11 is 0. The molecule has 2 nitrogen and oxygen atoms in total. The van der Waals surface area contributed by atoms with Crippen LogP contribution in [0.15, 0.2) is 36.4 Å². The summed E-state index contributed by atoms with van der Waals surface area (Å²) in [5.41, 5.74) is 1.25. The topological polar surface area (TPSA) is 32.3 Å². The summed E-state index contributed by atoms with van der Waals surface area (Å²) in [7, 11) is 0. The number of phenols is 1. The number of benzene rings is 2. The average molecular weight is 271 g/mol. The summed E-state index contributed by atoms with van der Waals surface area (Å²) in [6.45, 7) is 9.77. The molecule has 108 valence electrons. The first-order valence-corrected chi connectivity index (χ1v) is 7.38. The molecular formula is C18H25NO. The fraction of sp³-hybridized carbons (Fsp3) is 0.444. The van der Waals surface area contributed by atoms with Crippen LogP contribution in [0.4, 0.5) is 0 Å². The molecule has 2 N–H and O–H groups in total. The fourth-order valence-electron chi connectivity index (χ4n) is 2.29. The molecule has 1 unspecified atom stereocenters. The molecule has 0 radical (unpaired) electrons. The zero-order valence-corrected chi connectivity index (χ0v) is 12.9. The van der Waals surface area contributed by atoms with E-state index in [-0.39, 0.29) is 11.5 Å². The van der Waals surface area contributed by atoms with Gasteiger partial charge >= 0.3 is 0 Å². The van der Waals surface area contributed by atoms with Crippen LogP contribution in [0.2, 0.25) is 0 Å². The van der Waals surface area contributed by atoms with E-state index in [4.69, 9.17) is 0 Å². The monoisotopic (exact) mass is 271 g/mol. The number of aromatic hydroxyl groups is 1. The van der Waals surface area contributed by atoms with Gasteiger partial charge in [-0.1, -0.05) is 57.2 Å². The highest BCUT2D eigenvalue weighted by atomic mass is 16.3. The van der Waals surface area contributed by atoms with Crippen LogP contribution in [0.25, 0.3) is 10.8 Å². The Morgan fingerprint density at radius 2 is 1.85 bits per heavy atom. The molecule has 20 heavy (non-hydrogen) atoms. The molecule has 2 aromatic carbocycles. The lowest BCUT2D eigenvalue weighted by atomic mass is 9.89. The number of phenolic OH excluding ortho intramolecular Hbond substituents is 1. The Morgan fingerprint density at radius 1 is 1.15 bits per heavy atom. The minimum Gasteiger partial charge on any atom is -0.507 e. The summed E-state index contributed by atoms with van der Waals surface area (Å²) in [6.07, 6.45) is 1.14. The predicted molar refractivity (Wildman–Crippen MR) is 86.1 cm³/mol. The Hall–Kier alpha value is -1.54. The van der Waals surface area contributed by atoms with Gasteiger partial charge in [0.25, 0.3) is 0 Å². The average Bonchev–Trinajstić information content (AvgIpc) is 2.45. The normalized spacial score (nSPS) is 13.6. The van der Waals surface area contributed by atoms with Gasteiger partial charge in [0.1, 0.15) is 5.75 Å². The molecule has 0 aliphatic rings. The van der Waals surface area contributed by atoms with Gasteiger partial charge in [-0.3, -0.25) is 0 Å². The first-order chi connectivity index (χ1) is 9.44. The fourth-order valence-corrected chi connectivity index (χ4v) is 2.29. The van der Waals surface area contributed by atoms with Crippen molar-refractivity contribution < 1.29 is 5.11 Å². The lowest BCUT2D eigenvalue weighted by Gasteiger charge is -2.26. The molecule has 0 aliphatic carbocycles. The molecule has 0 aliphatic heterocycles. The standard InChI is InChI=1S/C18H25NO/c1-5-18(3,4)12-19-13(2)15-11-10-14-8-6-7-9-16(14)17(15)20/h6-11,13,19-20H,5,12H2,1-4H3. The second kappa shape index (κ2) is 5.84. The van der Waals surface area contributed by atoms with Gasteiger partial charge in [0.2, 0.25) is 0 Å². The molecule has 2 heteroatoms. The van der Waals surface area contributed by atoms with Gasteiger partial charge < -0.3 is 10.4 Å². The molecule has 0 fully saturated rings. The van der Waals surface area contributed by atoms with Crippen molar-refractivity contribution in [3.63, 3.8) is 0 Å². The van der Waals surface area contributed by atoms with Gasteiger partial charge in [-0.2, -0.15) is 0 Å². The molecule has 0 bridgehead atoms. The van der Waals surface area contributed by atoms with E-state index in [9.17, 15) is 5.11 Å². The first kappa shape index (κ1) is 14.9. The van der Waals surface area contributed by atoms with E-state index in [0.29, 0.717) is 5.75 Å². The maximum Gasteiger partial charge on any atom is 0.128 e. The summed E-state index contributed by atoms with van der Waals surface area (Å²) < 4.78 is 0. The largest absolute Gasteiger partial charge is 0.507 e. The molecule has 0 spiro atoms. The number of fused-ring (bicyclic) bond motifs is 1. The lowest BCUT2D eigenvalue weighted by Crippen LogP contribution is -2.30. The maximum atomic E-state index is 10.5. The summed E-state index contributed by atoms with van der Waals surface area (Å²) in [4.78, 5) is 0. The third-order valence-corrected chi connectivity index (χ3v) is 4.24. The zero-order valence-electron chi connectivity index (χ0n) is 12.9. The highest BCUT2D eigenvalue weighted by Gasteiger charge is 2.18. The van der Waals surface area contributed by atoms with Gasteiger partial charge in [-0.25, -0.2) is 0 Å². The molecule has 2 rings (SSSR count). The van der Waals surface area contributed by atoms with E-state index in [2.05, 4.69) is 39.1 Å². The lowest BCUT2D eigenvalue weighted by molar-refractivity contribution is 0.312. The van der Waals surface area contributed by atoms with Crippen LogP contribution in [0, 0.1) is 5.41 Å². The Bertz CT molecular complexity index is 589. The Balaban J connectivity index is 2.22. The highest BCUT2D eigenvalue weighted by Crippen LogP contribution is 2.32. The quantitative estimate of drug-likeness (QED) is 0.831. The van der Waals surface area contributed by atoms with Crippen molar-refractivity contribution in [3.05, 3.63) is 42.0 Å². The number of hydrogen-bond acceptors (Lipinski definition) is 2. The van der Waals surface area contributed by atoms with Gasteiger partial charge in [0, 0.05) is 23.5 Å². The van der Waals surface area contributed by atoms with Crippen molar-refractivity contribution in [3.8, 4) is 5.75 Å². The third-order valence-electron chi connectivity index (χ3n) is 4.24. The Morgan fingerprint density at radius 3 is 2.55 bits per heavy atom. The van der Waals surface area contributed by atoms with Crippen molar-refractivity contribution in [1.82, 2.24) is 5.32 Å². The van der Waals surface area contributed by atoms with Gasteiger partial charge in [-0.15, -0.1) is 0 Å². The third kappa shape index (κ3) is 3.13. The molecule has 0 saturated carbocycles. The van der Waals surface area contributed by atoms with Crippen LogP contribution in [0.5, 0.6) is 5.75 Å². The van der Waals surface area contributed by atoms with Gasteiger partial charge in [0.15, 0.2) is 0 Å². The molecule has 0 amide bonds. The van der Waals surface area contributed by atoms with Crippen molar-refractivity contribution in [2.75, 3.05) is 6.54 Å². The molecular weight excluding hydrogens is 246 g/mol. The van der Waals surface area contributed by atoms with Crippen molar-refractivity contribution in [1.29, 1.82) is 0 Å². The molecule has 0 aromatic heterocycles. The minimum absolute atomic E-state index is 0.144. The second-order valence-electron chi connectivity index (χ2n) is 6.34. The van der Waals surface area contributed by atoms with E-state index in [0.717, 1.165) is 29.3 Å². The smallest absolute Gasteiger partial charge is 0.128 e. The SMILES string of the molecule is CCC(C)(C)CNC(C)c1ccc2ccccc2c1O.